The van der Waals surface area contributed by atoms with Gasteiger partial charge in [0, 0.05) is 0 Å². The maximum absolute atomic E-state index is 12.0. The third-order valence-electron chi connectivity index (χ3n) is 2.47. The summed E-state index contributed by atoms with van der Waals surface area (Å²) in [6.45, 7) is 3.60. The standard InChI is InChI=1S/C14H13IO4S/c1-2-12-8-10-14(11-9-12)20(17,18)19-15(16)13-6-4-3-5-7-13/h2-11,16H,1H2. The van der Waals surface area contributed by atoms with Gasteiger partial charge in [-0.15, -0.1) is 0 Å². The van der Waals surface area contributed by atoms with Gasteiger partial charge in [-0.25, -0.2) is 0 Å². The molecule has 0 fully saturated rings. The van der Waals surface area contributed by atoms with Crippen LogP contribution in [0.2, 0.25) is 0 Å². The van der Waals surface area contributed by atoms with Gasteiger partial charge in [0.2, 0.25) is 0 Å². The van der Waals surface area contributed by atoms with Gasteiger partial charge in [0.15, 0.2) is 0 Å². The zero-order valence-electron chi connectivity index (χ0n) is 10.4. The fraction of sp³-hybridized carbons (Fsp3) is 0. The summed E-state index contributed by atoms with van der Waals surface area (Å²) in [7, 11) is -3.95. The van der Waals surface area contributed by atoms with Crippen LogP contribution in [-0.4, -0.2) is 11.9 Å². The summed E-state index contributed by atoms with van der Waals surface area (Å²) in [4.78, 5) is 0.0235. The molecule has 2 aromatic rings. The van der Waals surface area contributed by atoms with Gasteiger partial charge < -0.3 is 0 Å². The number of benzene rings is 2. The molecular formula is C14H13IO4S. The second kappa shape index (κ2) is 6.49. The fourth-order valence-corrected chi connectivity index (χ4v) is 5.84. The first-order valence-electron chi connectivity index (χ1n) is 5.65. The van der Waals surface area contributed by atoms with Gasteiger partial charge in [-0.1, -0.05) is 0 Å². The first-order chi connectivity index (χ1) is 9.53. The number of halogens is 1. The zero-order valence-corrected chi connectivity index (χ0v) is 13.4. The molecule has 0 bridgehead atoms. The van der Waals surface area contributed by atoms with E-state index in [0.29, 0.717) is 3.57 Å². The normalized spacial score (nSPS) is 11.9. The van der Waals surface area contributed by atoms with Crippen molar-refractivity contribution in [2.24, 2.45) is 0 Å². The van der Waals surface area contributed by atoms with Crippen molar-refractivity contribution in [3.63, 3.8) is 0 Å². The van der Waals surface area contributed by atoms with Crippen LogP contribution in [0.25, 0.3) is 6.08 Å². The molecule has 0 atom stereocenters. The van der Waals surface area contributed by atoms with E-state index in [2.05, 4.69) is 6.58 Å². The fourth-order valence-electron chi connectivity index (χ4n) is 1.44. The van der Waals surface area contributed by atoms with Crippen molar-refractivity contribution in [3.05, 3.63) is 70.3 Å². The molecule has 20 heavy (non-hydrogen) atoms. The van der Waals surface area contributed by atoms with E-state index in [1.807, 2.05) is 0 Å². The van der Waals surface area contributed by atoms with Gasteiger partial charge in [0.05, 0.1) is 0 Å². The summed E-state index contributed by atoms with van der Waals surface area (Å²) in [5.41, 5.74) is 0.811. The minimum atomic E-state index is -3.95. The second-order valence-electron chi connectivity index (χ2n) is 3.82. The van der Waals surface area contributed by atoms with E-state index in [0.717, 1.165) is 5.56 Å². The second-order valence-corrected chi connectivity index (χ2v) is 8.96. The van der Waals surface area contributed by atoms with Crippen molar-refractivity contribution in [2.45, 2.75) is 4.90 Å². The molecule has 0 radical (unpaired) electrons. The van der Waals surface area contributed by atoms with E-state index in [1.54, 1.807) is 48.5 Å². The van der Waals surface area contributed by atoms with Crippen molar-refractivity contribution >= 4 is 36.8 Å². The van der Waals surface area contributed by atoms with E-state index in [9.17, 15) is 11.9 Å². The molecule has 0 aromatic heterocycles. The van der Waals surface area contributed by atoms with E-state index >= 15 is 0 Å². The Balaban J connectivity index is 2.20. The van der Waals surface area contributed by atoms with Crippen LogP contribution in [0, 0.1) is 3.57 Å². The van der Waals surface area contributed by atoms with Gasteiger partial charge in [-0.3, -0.25) is 0 Å². The van der Waals surface area contributed by atoms with E-state index in [4.69, 9.17) is 2.51 Å². The molecule has 2 rings (SSSR count). The van der Waals surface area contributed by atoms with Crippen molar-refractivity contribution < 1.29 is 14.4 Å². The summed E-state index contributed by atoms with van der Waals surface area (Å²) in [5.74, 6) is 0. The summed E-state index contributed by atoms with van der Waals surface area (Å²) in [6.07, 6.45) is 1.62. The molecule has 0 aliphatic rings. The predicted molar refractivity (Wildman–Crippen MR) is 86.2 cm³/mol. The van der Waals surface area contributed by atoms with Gasteiger partial charge in [0.25, 0.3) is 0 Å². The summed E-state index contributed by atoms with van der Waals surface area (Å²) >= 11 is -3.17. The van der Waals surface area contributed by atoms with Crippen molar-refractivity contribution in [3.8, 4) is 0 Å². The Morgan fingerprint density at radius 2 is 1.65 bits per heavy atom. The van der Waals surface area contributed by atoms with Crippen molar-refractivity contribution in [1.82, 2.24) is 0 Å². The molecule has 0 aliphatic carbocycles. The van der Waals surface area contributed by atoms with Gasteiger partial charge in [-0.2, -0.15) is 0 Å². The molecule has 106 valence electrons. The van der Waals surface area contributed by atoms with Gasteiger partial charge in [-0.05, 0) is 0 Å². The SMILES string of the molecule is C=Cc1ccc(S(=O)(=O)OI(O)c2ccccc2)cc1. The minimum absolute atomic E-state index is 0.0235. The van der Waals surface area contributed by atoms with Crippen LogP contribution in [0.4, 0.5) is 0 Å². The first kappa shape index (κ1) is 15.2. The zero-order chi connectivity index (χ0) is 14.6. The number of rotatable bonds is 5. The Bertz CT molecular complexity index is 681. The molecule has 0 aliphatic heterocycles. The topological polar surface area (TPSA) is 63.6 Å². The molecule has 0 saturated heterocycles. The van der Waals surface area contributed by atoms with E-state index in [1.165, 1.54) is 12.1 Å². The molecule has 6 heteroatoms. The van der Waals surface area contributed by atoms with Crippen molar-refractivity contribution in [1.29, 1.82) is 0 Å². The number of hydrogen-bond acceptors (Lipinski definition) is 4. The Morgan fingerprint density at radius 1 is 1.05 bits per heavy atom. The van der Waals surface area contributed by atoms with E-state index in [-0.39, 0.29) is 4.90 Å². The quantitative estimate of drug-likeness (QED) is 0.778. The Morgan fingerprint density at radius 3 is 2.20 bits per heavy atom. The third kappa shape index (κ3) is 3.66. The van der Waals surface area contributed by atoms with Crippen LogP contribution in [0.3, 0.4) is 0 Å². The summed E-state index contributed by atoms with van der Waals surface area (Å²) in [5, 5.41) is 0. The van der Waals surface area contributed by atoms with Gasteiger partial charge >= 0.3 is 126 Å². The van der Waals surface area contributed by atoms with Crippen LogP contribution in [0.15, 0.2) is 66.1 Å². The predicted octanol–water partition coefficient (Wildman–Crippen LogP) is 3.23. The van der Waals surface area contributed by atoms with Crippen LogP contribution in [0.5, 0.6) is 0 Å². The molecule has 0 amide bonds. The monoisotopic (exact) mass is 404 g/mol. The molecule has 4 nitrogen and oxygen atoms in total. The molecule has 1 N–H and O–H groups in total. The van der Waals surface area contributed by atoms with Crippen molar-refractivity contribution in [2.75, 3.05) is 0 Å². The summed E-state index contributed by atoms with van der Waals surface area (Å²) in [6, 6.07) is 14.7. The van der Waals surface area contributed by atoms with Crippen LogP contribution in [-0.2, 0) is 12.6 Å². The maximum atomic E-state index is 12.0. The van der Waals surface area contributed by atoms with Crippen LogP contribution < -0.4 is 0 Å². The van der Waals surface area contributed by atoms with E-state index < -0.39 is 30.8 Å². The molecule has 0 unspecified atom stereocenters. The average molecular weight is 404 g/mol. The Hall–Kier alpha value is -1.22. The molecule has 0 heterocycles. The molecular weight excluding hydrogens is 391 g/mol. The van der Waals surface area contributed by atoms with Crippen LogP contribution >= 0.6 is 20.6 Å². The first-order valence-corrected chi connectivity index (χ1v) is 9.98. The van der Waals surface area contributed by atoms with Crippen LogP contribution in [0.1, 0.15) is 5.56 Å². The Kier molecular flexibility index (Phi) is 4.92. The Labute approximate surface area is 126 Å². The average Bonchev–Trinajstić information content (AvgIpc) is 2.48. The molecule has 0 saturated carbocycles. The number of hydrogen-bond donors (Lipinski definition) is 1. The third-order valence-corrected chi connectivity index (χ3v) is 7.83. The van der Waals surface area contributed by atoms with Gasteiger partial charge in [0.1, 0.15) is 0 Å². The summed E-state index contributed by atoms with van der Waals surface area (Å²) < 4.78 is 39.5. The molecule has 2 aromatic carbocycles. The molecule has 0 spiro atoms.